The molecule has 0 saturated carbocycles. The summed E-state index contributed by atoms with van der Waals surface area (Å²) in [6.45, 7) is -2.52. The van der Waals surface area contributed by atoms with Crippen molar-refractivity contribution in [2.45, 2.75) is 26.0 Å². The Hall–Kier alpha value is -3.68. The minimum atomic E-state index is -2.85. The van der Waals surface area contributed by atoms with Crippen LogP contribution >= 0.6 is 0 Å². The topological polar surface area (TPSA) is 69.7 Å². The first-order valence-corrected chi connectivity index (χ1v) is 9.59. The number of hydrogen-bond donors (Lipinski definition) is 1. The number of aryl methyl sites for hydroxylation is 1. The standard InChI is InChI=1S/C23H22F2N2O4/c1-29-18-7-9-19(10-8-18)30-22-14-17(12-13-26-22)15-27-21(28)11-4-16-2-5-20(6-3-16)31-23(24)25/h2-3,5-10,12-14,23H,4,11,15H2,1H3,(H,27,28). The summed E-state index contributed by atoms with van der Waals surface area (Å²) in [6.07, 6.45) is 2.38. The van der Waals surface area contributed by atoms with Crippen LogP contribution in [-0.2, 0) is 17.8 Å². The number of methoxy groups -OCH3 is 1. The molecule has 0 unspecified atom stereocenters. The van der Waals surface area contributed by atoms with Crippen molar-refractivity contribution in [3.8, 4) is 23.1 Å². The molecule has 8 heteroatoms. The van der Waals surface area contributed by atoms with Gasteiger partial charge in [0, 0.05) is 25.2 Å². The van der Waals surface area contributed by atoms with E-state index in [1.165, 1.54) is 12.1 Å². The monoisotopic (exact) mass is 428 g/mol. The van der Waals surface area contributed by atoms with Crippen LogP contribution in [0.4, 0.5) is 8.78 Å². The van der Waals surface area contributed by atoms with Crippen molar-refractivity contribution >= 4 is 5.91 Å². The molecule has 6 nitrogen and oxygen atoms in total. The number of nitrogens with one attached hydrogen (secondary N) is 1. The van der Waals surface area contributed by atoms with Crippen LogP contribution in [0.2, 0.25) is 0 Å². The van der Waals surface area contributed by atoms with Gasteiger partial charge < -0.3 is 19.5 Å². The van der Waals surface area contributed by atoms with Gasteiger partial charge in [0.15, 0.2) is 0 Å². The van der Waals surface area contributed by atoms with E-state index >= 15 is 0 Å². The van der Waals surface area contributed by atoms with Crippen LogP contribution in [0.3, 0.4) is 0 Å². The first-order chi connectivity index (χ1) is 15.0. The zero-order valence-electron chi connectivity index (χ0n) is 16.9. The summed E-state index contributed by atoms with van der Waals surface area (Å²) in [6, 6.07) is 16.9. The van der Waals surface area contributed by atoms with Crippen LogP contribution in [0.25, 0.3) is 0 Å². The molecule has 0 aliphatic heterocycles. The number of carbonyl (C=O) groups excluding carboxylic acids is 1. The molecular weight excluding hydrogens is 406 g/mol. The van der Waals surface area contributed by atoms with Crippen LogP contribution in [0.5, 0.6) is 23.1 Å². The summed E-state index contributed by atoms with van der Waals surface area (Å²) in [7, 11) is 1.59. The maximum absolute atomic E-state index is 12.2. The summed E-state index contributed by atoms with van der Waals surface area (Å²) in [5.74, 6) is 1.74. The summed E-state index contributed by atoms with van der Waals surface area (Å²) >= 11 is 0. The molecule has 2 aromatic carbocycles. The lowest BCUT2D eigenvalue weighted by Crippen LogP contribution is -2.23. The second kappa shape index (κ2) is 10.9. The number of rotatable bonds is 10. The van der Waals surface area contributed by atoms with E-state index in [0.29, 0.717) is 24.6 Å². The Balaban J connectivity index is 1.46. The number of carbonyl (C=O) groups is 1. The normalized spacial score (nSPS) is 10.6. The number of ether oxygens (including phenoxy) is 3. The summed E-state index contributed by atoms with van der Waals surface area (Å²) in [4.78, 5) is 16.3. The van der Waals surface area contributed by atoms with E-state index < -0.39 is 6.61 Å². The minimum absolute atomic E-state index is 0.0913. The maximum Gasteiger partial charge on any atom is 0.387 e. The molecule has 0 spiro atoms. The zero-order chi connectivity index (χ0) is 22.1. The van der Waals surface area contributed by atoms with E-state index in [1.54, 1.807) is 61.8 Å². The number of nitrogens with zero attached hydrogens (tertiary/aromatic N) is 1. The molecule has 0 aliphatic rings. The van der Waals surface area contributed by atoms with Gasteiger partial charge in [-0.05, 0) is 60.0 Å². The van der Waals surface area contributed by atoms with E-state index in [2.05, 4.69) is 15.0 Å². The van der Waals surface area contributed by atoms with Crippen molar-refractivity contribution in [1.29, 1.82) is 0 Å². The Morgan fingerprint density at radius 2 is 1.65 bits per heavy atom. The van der Waals surface area contributed by atoms with Crippen molar-refractivity contribution in [1.82, 2.24) is 10.3 Å². The number of alkyl halides is 2. The summed E-state index contributed by atoms with van der Waals surface area (Å²) in [5, 5.41) is 2.85. The fourth-order valence-electron chi connectivity index (χ4n) is 2.77. The molecule has 1 aromatic heterocycles. The van der Waals surface area contributed by atoms with Gasteiger partial charge in [-0.3, -0.25) is 4.79 Å². The minimum Gasteiger partial charge on any atom is -0.497 e. The molecule has 1 heterocycles. The van der Waals surface area contributed by atoms with Crippen molar-refractivity contribution in [3.63, 3.8) is 0 Å². The molecule has 31 heavy (non-hydrogen) atoms. The average Bonchev–Trinajstić information content (AvgIpc) is 2.78. The van der Waals surface area contributed by atoms with Crippen LogP contribution in [0, 0.1) is 0 Å². The average molecular weight is 428 g/mol. The van der Waals surface area contributed by atoms with Crippen molar-refractivity contribution in [3.05, 3.63) is 78.0 Å². The Bertz CT molecular complexity index is 980. The fourth-order valence-corrected chi connectivity index (χ4v) is 2.77. The van der Waals surface area contributed by atoms with E-state index in [4.69, 9.17) is 9.47 Å². The van der Waals surface area contributed by atoms with Crippen molar-refractivity contribution in [2.24, 2.45) is 0 Å². The molecule has 0 fully saturated rings. The highest BCUT2D eigenvalue weighted by Gasteiger charge is 2.07. The third kappa shape index (κ3) is 7.26. The van der Waals surface area contributed by atoms with Crippen LogP contribution in [0.15, 0.2) is 66.9 Å². The Kier molecular flexibility index (Phi) is 7.75. The number of amides is 1. The zero-order valence-corrected chi connectivity index (χ0v) is 16.9. The van der Waals surface area contributed by atoms with Gasteiger partial charge in [0.05, 0.1) is 7.11 Å². The fraction of sp³-hybridized carbons (Fsp3) is 0.217. The van der Waals surface area contributed by atoms with Gasteiger partial charge >= 0.3 is 6.61 Å². The molecule has 0 radical (unpaired) electrons. The first-order valence-electron chi connectivity index (χ1n) is 9.59. The number of halogens is 2. The highest BCUT2D eigenvalue weighted by Crippen LogP contribution is 2.23. The molecule has 0 saturated heterocycles. The SMILES string of the molecule is COc1ccc(Oc2cc(CNC(=O)CCc3ccc(OC(F)F)cc3)ccn2)cc1. The molecule has 162 valence electrons. The lowest BCUT2D eigenvalue weighted by Gasteiger charge is -2.09. The van der Waals surface area contributed by atoms with Gasteiger partial charge in [0.25, 0.3) is 0 Å². The molecule has 0 aliphatic carbocycles. The Morgan fingerprint density at radius 3 is 2.32 bits per heavy atom. The molecule has 3 rings (SSSR count). The van der Waals surface area contributed by atoms with E-state index in [-0.39, 0.29) is 18.1 Å². The summed E-state index contributed by atoms with van der Waals surface area (Å²) < 4.78 is 39.5. The van der Waals surface area contributed by atoms with Crippen LogP contribution in [-0.4, -0.2) is 24.6 Å². The van der Waals surface area contributed by atoms with Gasteiger partial charge in [-0.2, -0.15) is 8.78 Å². The lowest BCUT2D eigenvalue weighted by atomic mass is 10.1. The van der Waals surface area contributed by atoms with Crippen LogP contribution in [0.1, 0.15) is 17.5 Å². The highest BCUT2D eigenvalue weighted by molar-refractivity contribution is 5.76. The maximum atomic E-state index is 12.2. The highest BCUT2D eigenvalue weighted by atomic mass is 19.3. The number of pyridine rings is 1. The van der Waals surface area contributed by atoms with Crippen molar-refractivity contribution < 1.29 is 27.8 Å². The quantitative estimate of drug-likeness (QED) is 0.506. The van der Waals surface area contributed by atoms with Gasteiger partial charge in [-0.1, -0.05) is 12.1 Å². The number of hydrogen-bond acceptors (Lipinski definition) is 5. The van der Waals surface area contributed by atoms with E-state index in [1.807, 2.05) is 0 Å². The molecule has 1 N–H and O–H groups in total. The van der Waals surface area contributed by atoms with E-state index in [9.17, 15) is 13.6 Å². The Morgan fingerprint density at radius 1 is 0.968 bits per heavy atom. The molecule has 1 amide bonds. The third-order valence-electron chi connectivity index (χ3n) is 4.36. The van der Waals surface area contributed by atoms with Crippen LogP contribution < -0.4 is 19.5 Å². The summed E-state index contributed by atoms with van der Waals surface area (Å²) in [5.41, 5.74) is 1.70. The second-order valence-electron chi connectivity index (χ2n) is 6.58. The smallest absolute Gasteiger partial charge is 0.387 e. The van der Waals surface area contributed by atoms with E-state index in [0.717, 1.165) is 16.9 Å². The van der Waals surface area contributed by atoms with Gasteiger partial charge in [-0.25, -0.2) is 4.98 Å². The molecule has 3 aromatic rings. The number of benzene rings is 2. The number of aromatic nitrogens is 1. The predicted octanol–water partition coefficient (Wildman–Crippen LogP) is 4.73. The third-order valence-corrected chi connectivity index (χ3v) is 4.36. The van der Waals surface area contributed by atoms with Gasteiger partial charge in [-0.15, -0.1) is 0 Å². The largest absolute Gasteiger partial charge is 0.497 e. The second-order valence-corrected chi connectivity index (χ2v) is 6.58. The van der Waals surface area contributed by atoms with Gasteiger partial charge in [0.2, 0.25) is 11.8 Å². The predicted molar refractivity (Wildman–Crippen MR) is 111 cm³/mol. The molecule has 0 atom stereocenters. The molecule has 0 bridgehead atoms. The molecular formula is C23H22F2N2O4. The lowest BCUT2D eigenvalue weighted by molar-refractivity contribution is -0.121. The first kappa shape index (κ1) is 22.0. The Labute approximate surface area is 178 Å². The van der Waals surface area contributed by atoms with Gasteiger partial charge in [0.1, 0.15) is 17.2 Å². The van der Waals surface area contributed by atoms with Crippen molar-refractivity contribution in [2.75, 3.05) is 7.11 Å².